The molecule has 35 heavy (non-hydrogen) atoms. The van der Waals surface area contributed by atoms with Crippen LogP contribution in [-0.4, -0.2) is 41.1 Å². The fourth-order valence-corrected chi connectivity index (χ4v) is 3.35. The summed E-state index contributed by atoms with van der Waals surface area (Å²) in [5.74, 6) is -4.68. The van der Waals surface area contributed by atoms with Gasteiger partial charge in [-0.1, -0.05) is 59.1 Å². The Morgan fingerprint density at radius 2 is 1.29 bits per heavy atom. The zero-order chi connectivity index (χ0) is 25.5. The van der Waals surface area contributed by atoms with Crippen LogP contribution in [0.2, 0.25) is 5.02 Å². The molecule has 3 aromatic rings. The number of rotatable bonds is 8. The van der Waals surface area contributed by atoms with Crippen molar-refractivity contribution < 1.29 is 33.8 Å². The van der Waals surface area contributed by atoms with Crippen molar-refractivity contribution in [3.8, 4) is 0 Å². The van der Waals surface area contributed by atoms with Gasteiger partial charge in [0.15, 0.2) is 0 Å². The minimum Gasteiger partial charge on any atom is -0.478 e. The highest BCUT2D eigenvalue weighted by Gasteiger charge is 2.41. The van der Waals surface area contributed by atoms with Crippen LogP contribution in [0.4, 0.5) is 5.69 Å². The van der Waals surface area contributed by atoms with Gasteiger partial charge in [0.25, 0.3) is 5.91 Å². The molecule has 2 N–H and O–H groups in total. The molecule has 0 aromatic heterocycles. The number of nitrogens with one attached hydrogen (secondary N) is 1. The number of halogens is 1. The summed E-state index contributed by atoms with van der Waals surface area (Å²) in [7, 11) is 0. The molecule has 0 saturated carbocycles. The van der Waals surface area contributed by atoms with E-state index in [0.29, 0.717) is 0 Å². The summed E-state index contributed by atoms with van der Waals surface area (Å²) >= 11 is 6.09. The lowest BCUT2D eigenvalue weighted by molar-refractivity contribution is -0.157. The molecule has 9 heteroatoms. The summed E-state index contributed by atoms with van der Waals surface area (Å²) in [6.45, 7) is 3.50. The van der Waals surface area contributed by atoms with E-state index >= 15 is 0 Å². The quantitative estimate of drug-likeness (QED) is 0.443. The number of carbonyl (C=O) groups is 4. The molecular weight excluding hydrogens is 474 g/mol. The van der Waals surface area contributed by atoms with E-state index in [2.05, 4.69) is 5.32 Å². The third kappa shape index (κ3) is 6.68. The normalized spacial score (nSPS) is 12.2. The number of amides is 1. The van der Waals surface area contributed by atoms with Gasteiger partial charge >= 0.3 is 17.9 Å². The first kappa shape index (κ1) is 25.5. The number of carboxylic acids is 1. The molecule has 3 aromatic carbocycles. The number of anilines is 1. The molecule has 8 nitrogen and oxygen atoms in total. The average Bonchev–Trinajstić information content (AvgIpc) is 2.82. The second kappa shape index (κ2) is 11.3. The lowest BCUT2D eigenvalue weighted by atomic mass is 10.1. The van der Waals surface area contributed by atoms with Gasteiger partial charge in [0, 0.05) is 0 Å². The molecule has 0 saturated heterocycles. The summed E-state index contributed by atoms with van der Waals surface area (Å²) in [5, 5.41) is 12.4. The van der Waals surface area contributed by atoms with Crippen molar-refractivity contribution in [3.05, 3.63) is 100 Å². The Morgan fingerprint density at radius 3 is 1.77 bits per heavy atom. The molecule has 0 radical (unpaired) electrons. The summed E-state index contributed by atoms with van der Waals surface area (Å²) in [5.41, 5.74) is 1.81. The van der Waals surface area contributed by atoms with Gasteiger partial charge in [-0.25, -0.2) is 14.4 Å². The first-order valence-electron chi connectivity index (χ1n) is 10.5. The first-order chi connectivity index (χ1) is 16.7. The van der Waals surface area contributed by atoms with E-state index < -0.39 is 36.0 Å². The maximum Gasteiger partial charge on any atom is 0.349 e. The largest absolute Gasteiger partial charge is 0.478 e. The fraction of sp³-hybridized carbons (Fsp3) is 0.154. The molecule has 0 bridgehead atoms. The number of carbonyl (C=O) groups excluding carboxylic acids is 3. The highest BCUT2D eigenvalue weighted by atomic mass is 35.5. The number of aliphatic carboxylic acids is 1. The number of hydrogen-bond donors (Lipinski definition) is 2. The second-order valence-electron chi connectivity index (χ2n) is 7.70. The van der Waals surface area contributed by atoms with Crippen LogP contribution in [0, 0.1) is 13.8 Å². The van der Waals surface area contributed by atoms with Crippen molar-refractivity contribution in [1.29, 1.82) is 0 Å². The number of hydrogen-bond acceptors (Lipinski definition) is 6. The third-order valence-electron chi connectivity index (χ3n) is 4.88. The van der Waals surface area contributed by atoms with Gasteiger partial charge in [0.1, 0.15) is 0 Å². The molecule has 2 atom stereocenters. The molecular formula is C26H22ClNO7. The van der Waals surface area contributed by atoms with Crippen LogP contribution >= 0.6 is 11.6 Å². The Morgan fingerprint density at radius 1 is 0.771 bits per heavy atom. The summed E-state index contributed by atoms with van der Waals surface area (Å²) in [6.07, 6.45) is -4.16. The number of ether oxygens (including phenoxy) is 2. The van der Waals surface area contributed by atoms with Crippen molar-refractivity contribution in [2.45, 2.75) is 26.1 Å². The van der Waals surface area contributed by atoms with Crippen molar-refractivity contribution in [2.24, 2.45) is 0 Å². The lowest BCUT2D eigenvalue weighted by Crippen LogP contribution is -2.48. The minimum absolute atomic E-state index is 0.0755. The van der Waals surface area contributed by atoms with Gasteiger partial charge in [0.2, 0.25) is 12.2 Å². The van der Waals surface area contributed by atoms with Gasteiger partial charge in [0.05, 0.1) is 21.8 Å². The zero-order valence-corrected chi connectivity index (χ0v) is 19.6. The van der Waals surface area contributed by atoms with E-state index in [1.165, 1.54) is 36.4 Å². The summed E-state index contributed by atoms with van der Waals surface area (Å²) in [4.78, 5) is 50.7. The number of esters is 2. The molecule has 1 amide bonds. The van der Waals surface area contributed by atoms with Gasteiger partial charge in [-0.05, 0) is 50.2 Å². The van der Waals surface area contributed by atoms with Crippen molar-refractivity contribution in [2.75, 3.05) is 5.32 Å². The molecule has 0 aliphatic rings. The van der Waals surface area contributed by atoms with E-state index in [9.17, 15) is 24.3 Å². The molecule has 180 valence electrons. The maximum absolute atomic E-state index is 13.1. The van der Waals surface area contributed by atoms with E-state index in [1.807, 2.05) is 0 Å². The topological polar surface area (TPSA) is 119 Å². The van der Waals surface area contributed by atoms with Crippen molar-refractivity contribution in [3.63, 3.8) is 0 Å². The van der Waals surface area contributed by atoms with Crippen molar-refractivity contribution >= 4 is 41.1 Å². The summed E-state index contributed by atoms with van der Waals surface area (Å²) in [6, 6.07) is 18.8. The number of aryl methyl sites for hydroxylation is 2. The lowest BCUT2D eigenvalue weighted by Gasteiger charge is -2.24. The van der Waals surface area contributed by atoms with E-state index in [0.717, 1.165) is 11.1 Å². The Bertz CT molecular complexity index is 1270. The second-order valence-corrected chi connectivity index (χ2v) is 8.11. The Kier molecular flexibility index (Phi) is 8.22. The van der Waals surface area contributed by atoms with Crippen LogP contribution in [0.5, 0.6) is 0 Å². The van der Waals surface area contributed by atoms with Crippen LogP contribution in [0.25, 0.3) is 0 Å². The van der Waals surface area contributed by atoms with Crippen LogP contribution in [0.15, 0.2) is 72.8 Å². The zero-order valence-electron chi connectivity index (χ0n) is 18.9. The fourth-order valence-electron chi connectivity index (χ4n) is 3.17. The Hall–Kier alpha value is -4.17. The van der Waals surface area contributed by atoms with Gasteiger partial charge in [-0.15, -0.1) is 0 Å². The SMILES string of the molecule is Cc1cccc(C(=O)O[C@H](C(=O)O)[C@@H](OC(=O)c2cccc(C)c2)C(=O)Nc2ccccc2Cl)c1. The first-order valence-corrected chi connectivity index (χ1v) is 10.9. The van der Waals surface area contributed by atoms with Crippen LogP contribution in [0.3, 0.4) is 0 Å². The predicted molar refractivity (Wildman–Crippen MR) is 128 cm³/mol. The number of benzene rings is 3. The maximum atomic E-state index is 13.1. The monoisotopic (exact) mass is 495 g/mol. The molecule has 0 aliphatic heterocycles. The van der Waals surface area contributed by atoms with Crippen LogP contribution < -0.4 is 5.32 Å². The van der Waals surface area contributed by atoms with E-state index in [-0.39, 0.29) is 21.8 Å². The molecule has 0 spiro atoms. The number of carboxylic acid groups (broad SMARTS) is 1. The van der Waals surface area contributed by atoms with Gasteiger partial charge < -0.3 is 19.9 Å². The Balaban J connectivity index is 1.93. The van der Waals surface area contributed by atoms with E-state index in [4.69, 9.17) is 21.1 Å². The number of para-hydroxylation sites is 1. The Labute approximate surface area is 206 Å². The summed E-state index contributed by atoms with van der Waals surface area (Å²) < 4.78 is 10.5. The smallest absolute Gasteiger partial charge is 0.349 e. The van der Waals surface area contributed by atoms with Crippen LogP contribution in [-0.2, 0) is 19.1 Å². The van der Waals surface area contributed by atoms with Gasteiger partial charge in [-0.2, -0.15) is 0 Å². The predicted octanol–water partition coefficient (Wildman–Crippen LogP) is 4.43. The molecule has 0 heterocycles. The highest BCUT2D eigenvalue weighted by Crippen LogP contribution is 2.22. The third-order valence-corrected chi connectivity index (χ3v) is 5.21. The molecule has 3 rings (SSSR count). The van der Waals surface area contributed by atoms with Gasteiger partial charge in [-0.3, -0.25) is 4.79 Å². The van der Waals surface area contributed by atoms with E-state index in [1.54, 1.807) is 50.2 Å². The van der Waals surface area contributed by atoms with Crippen molar-refractivity contribution in [1.82, 2.24) is 0 Å². The minimum atomic E-state index is -2.14. The highest BCUT2D eigenvalue weighted by molar-refractivity contribution is 6.33. The molecule has 0 aliphatic carbocycles. The average molecular weight is 496 g/mol. The molecule has 0 unspecified atom stereocenters. The standard InChI is InChI=1S/C26H22ClNO7/c1-15-7-5-9-17(13-15)25(32)34-21(23(29)28-20-12-4-3-11-19(20)27)22(24(30)31)35-26(33)18-10-6-8-16(2)14-18/h3-14,21-22H,1-2H3,(H,28,29)(H,30,31)/t21-,22+/m1/s1. The van der Waals surface area contributed by atoms with Crippen LogP contribution in [0.1, 0.15) is 31.8 Å². The molecule has 0 fully saturated rings.